The third-order valence-electron chi connectivity index (χ3n) is 4.96. The monoisotopic (exact) mass is 572 g/mol. The Bertz CT molecular complexity index is 1490. The molecule has 4 aromatic rings. The van der Waals surface area contributed by atoms with Crippen LogP contribution < -0.4 is 15.6 Å². The molecule has 0 saturated heterocycles. The summed E-state index contributed by atoms with van der Waals surface area (Å²) in [5, 5.41) is 8.58. The van der Waals surface area contributed by atoms with E-state index in [4.69, 9.17) is 27.9 Å². The van der Waals surface area contributed by atoms with Crippen LogP contribution in [0, 0.1) is 0 Å². The average molecular weight is 574 g/mol. The first kappa shape index (κ1) is 24.9. The molecule has 1 heterocycles. The lowest BCUT2D eigenvalue weighted by Gasteiger charge is -2.11. The van der Waals surface area contributed by atoms with E-state index in [1.807, 2.05) is 13.0 Å². The molecular formula is C25H19BrCl2N4O3. The van der Waals surface area contributed by atoms with Gasteiger partial charge in [-0.2, -0.15) is 9.78 Å². The number of aryl methyl sites for hydroxylation is 1. The number of benzene rings is 3. The summed E-state index contributed by atoms with van der Waals surface area (Å²) in [7, 11) is 0. The van der Waals surface area contributed by atoms with E-state index in [-0.39, 0.29) is 18.1 Å². The maximum atomic E-state index is 13.1. The van der Waals surface area contributed by atoms with Gasteiger partial charge in [0.2, 0.25) is 0 Å². The van der Waals surface area contributed by atoms with Gasteiger partial charge < -0.3 is 10.1 Å². The summed E-state index contributed by atoms with van der Waals surface area (Å²) in [6.45, 7) is 1.66. The molecule has 0 saturated carbocycles. The van der Waals surface area contributed by atoms with Gasteiger partial charge in [0.25, 0.3) is 11.5 Å². The van der Waals surface area contributed by atoms with Crippen molar-refractivity contribution in [1.29, 1.82) is 0 Å². The van der Waals surface area contributed by atoms with E-state index < -0.39 is 0 Å². The van der Waals surface area contributed by atoms with Gasteiger partial charge in [0.15, 0.2) is 6.61 Å². The highest BCUT2D eigenvalue weighted by Gasteiger charge is 2.11. The number of ether oxygens (including phenoxy) is 1. The van der Waals surface area contributed by atoms with Crippen LogP contribution in [0.1, 0.15) is 18.3 Å². The Labute approximate surface area is 219 Å². The van der Waals surface area contributed by atoms with Gasteiger partial charge in [-0.15, -0.1) is 0 Å². The predicted octanol–water partition coefficient (Wildman–Crippen LogP) is 5.93. The minimum absolute atomic E-state index is 0.239. The number of rotatable bonds is 7. The zero-order valence-electron chi connectivity index (χ0n) is 18.5. The highest BCUT2D eigenvalue weighted by Crippen LogP contribution is 2.22. The van der Waals surface area contributed by atoms with Gasteiger partial charge in [0.1, 0.15) is 11.6 Å². The van der Waals surface area contributed by atoms with Crippen molar-refractivity contribution in [3.63, 3.8) is 0 Å². The van der Waals surface area contributed by atoms with E-state index in [1.165, 1.54) is 10.9 Å². The van der Waals surface area contributed by atoms with E-state index in [0.29, 0.717) is 50.2 Å². The number of carbonyl (C=O) groups excluding carboxylic acids is 1. The summed E-state index contributed by atoms with van der Waals surface area (Å²) in [6.07, 6.45) is 1.97. The molecule has 0 bridgehead atoms. The third-order valence-corrected chi connectivity index (χ3v) is 5.94. The van der Waals surface area contributed by atoms with Gasteiger partial charge in [0, 0.05) is 32.2 Å². The Balaban J connectivity index is 1.59. The molecular weight excluding hydrogens is 555 g/mol. The summed E-state index contributed by atoms with van der Waals surface area (Å²) in [6, 6.07) is 17.0. The van der Waals surface area contributed by atoms with Crippen molar-refractivity contribution in [2.24, 2.45) is 5.10 Å². The zero-order valence-corrected chi connectivity index (χ0v) is 21.6. The number of hydrogen-bond donors (Lipinski definition) is 1. The molecule has 10 heteroatoms. The van der Waals surface area contributed by atoms with Crippen LogP contribution in [0.4, 0.5) is 5.69 Å². The molecule has 0 aliphatic rings. The Kier molecular flexibility index (Phi) is 7.85. The first-order valence-electron chi connectivity index (χ1n) is 10.6. The van der Waals surface area contributed by atoms with Crippen molar-refractivity contribution < 1.29 is 9.53 Å². The number of aromatic nitrogens is 2. The normalized spacial score (nSPS) is 11.2. The van der Waals surface area contributed by atoms with Crippen LogP contribution in [0.3, 0.4) is 0 Å². The fraction of sp³-hybridized carbons (Fsp3) is 0.120. The highest BCUT2D eigenvalue weighted by atomic mass is 79.9. The fourth-order valence-corrected chi connectivity index (χ4v) is 3.96. The summed E-state index contributed by atoms with van der Waals surface area (Å²) in [4.78, 5) is 30.0. The lowest BCUT2D eigenvalue weighted by Crippen LogP contribution is -2.22. The molecule has 1 aromatic heterocycles. The molecule has 178 valence electrons. The number of carbonyl (C=O) groups is 1. The topological polar surface area (TPSA) is 85.6 Å². The van der Waals surface area contributed by atoms with E-state index in [2.05, 4.69) is 31.3 Å². The molecule has 0 unspecified atom stereocenters. The summed E-state index contributed by atoms with van der Waals surface area (Å²) in [5.74, 6) is 0.541. The van der Waals surface area contributed by atoms with Crippen molar-refractivity contribution >= 4 is 67.8 Å². The maximum Gasteiger partial charge on any atom is 0.282 e. The molecule has 0 spiro atoms. The van der Waals surface area contributed by atoms with Gasteiger partial charge >= 0.3 is 0 Å². The van der Waals surface area contributed by atoms with Crippen LogP contribution in [0.5, 0.6) is 5.75 Å². The maximum absolute atomic E-state index is 13.1. The number of halogens is 3. The molecule has 3 aromatic carbocycles. The summed E-state index contributed by atoms with van der Waals surface area (Å²) in [5.41, 5.74) is 1.40. The molecule has 7 nitrogen and oxygen atoms in total. The van der Waals surface area contributed by atoms with Crippen LogP contribution >= 0.6 is 39.1 Å². The smallest absolute Gasteiger partial charge is 0.282 e. The number of hydrogen-bond acceptors (Lipinski definition) is 5. The summed E-state index contributed by atoms with van der Waals surface area (Å²) < 4.78 is 7.74. The summed E-state index contributed by atoms with van der Waals surface area (Å²) >= 11 is 15.4. The van der Waals surface area contributed by atoms with Crippen LogP contribution in [0.15, 0.2) is 75.0 Å². The van der Waals surface area contributed by atoms with Crippen molar-refractivity contribution in [2.45, 2.75) is 13.3 Å². The molecule has 1 N–H and O–H groups in total. The van der Waals surface area contributed by atoms with Gasteiger partial charge in [-0.3, -0.25) is 9.59 Å². The van der Waals surface area contributed by atoms with Crippen LogP contribution in [0.2, 0.25) is 10.0 Å². The highest BCUT2D eigenvalue weighted by molar-refractivity contribution is 9.10. The number of fused-ring (bicyclic) bond motifs is 1. The van der Waals surface area contributed by atoms with Crippen molar-refractivity contribution in [3.05, 3.63) is 96.9 Å². The largest absolute Gasteiger partial charge is 0.483 e. The molecule has 0 radical (unpaired) electrons. The fourth-order valence-electron chi connectivity index (χ4n) is 3.29. The molecule has 0 fully saturated rings. The van der Waals surface area contributed by atoms with Crippen LogP contribution in [0.25, 0.3) is 10.9 Å². The van der Waals surface area contributed by atoms with Gasteiger partial charge in [-0.05, 0) is 60.7 Å². The van der Waals surface area contributed by atoms with E-state index in [1.54, 1.807) is 54.6 Å². The van der Waals surface area contributed by atoms with E-state index >= 15 is 0 Å². The molecule has 0 atom stereocenters. The number of amides is 1. The second-order valence-electron chi connectivity index (χ2n) is 7.43. The molecule has 1 amide bonds. The molecule has 0 aliphatic heterocycles. The van der Waals surface area contributed by atoms with Gasteiger partial charge in [-0.25, -0.2) is 4.98 Å². The quantitative estimate of drug-likeness (QED) is 0.278. The number of nitrogens with zero attached hydrogens (tertiary/aromatic N) is 3. The second kappa shape index (κ2) is 11.0. The first-order chi connectivity index (χ1) is 16.8. The zero-order chi connectivity index (χ0) is 24.9. The average Bonchev–Trinajstić information content (AvgIpc) is 2.84. The Morgan fingerprint density at radius 1 is 1.11 bits per heavy atom. The third kappa shape index (κ3) is 6.08. The van der Waals surface area contributed by atoms with Crippen molar-refractivity contribution in [2.75, 3.05) is 11.9 Å². The lowest BCUT2D eigenvalue weighted by atomic mass is 10.2. The van der Waals surface area contributed by atoms with Crippen LogP contribution in [-0.4, -0.2) is 28.4 Å². The Hall–Kier alpha value is -3.20. The molecule has 0 aliphatic carbocycles. The number of anilines is 1. The van der Waals surface area contributed by atoms with Crippen molar-refractivity contribution in [1.82, 2.24) is 9.66 Å². The van der Waals surface area contributed by atoms with E-state index in [9.17, 15) is 9.59 Å². The number of nitrogens with one attached hydrogen (secondary N) is 1. The van der Waals surface area contributed by atoms with E-state index in [0.717, 1.165) is 4.47 Å². The Morgan fingerprint density at radius 3 is 2.60 bits per heavy atom. The minimum atomic E-state index is -0.348. The predicted molar refractivity (Wildman–Crippen MR) is 143 cm³/mol. The van der Waals surface area contributed by atoms with Gasteiger partial charge in [0.05, 0.1) is 17.1 Å². The Morgan fingerprint density at radius 2 is 1.86 bits per heavy atom. The molecule has 35 heavy (non-hydrogen) atoms. The SMILES string of the molecule is CCc1nc2ccc(Br)cc2c(=O)n1N=Cc1cc(Cl)ccc1OCC(=O)Nc1ccc(Cl)cc1. The first-order valence-corrected chi connectivity index (χ1v) is 12.1. The second-order valence-corrected chi connectivity index (χ2v) is 9.22. The van der Waals surface area contributed by atoms with Gasteiger partial charge in [-0.1, -0.05) is 46.1 Å². The minimum Gasteiger partial charge on any atom is -0.483 e. The van der Waals surface area contributed by atoms with Crippen molar-refractivity contribution in [3.8, 4) is 5.75 Å². The standard InChI is InChI=1S/C25H19BrCl2N4O3/c1-2-23-31-21-9-3-16(26)12-20(21)25(34)32(23)29-13-15-11-18(28)6-10-22(15)35-14-24(33)30-19-7-4-17(27)5-8-19/h3-13H,2,14H2,1H3,(H,30,33). The van der Waals surface area contributed by atoms with Crippen LogP contribution in [-0.2, 0) is 11.2 Å². The molecule has 4 rings (SSSR count). The lowest BCUT2D eigenvalue weighted by molar-refractivity contribution is -0.118.